The monoisotopic (exact) mass is 345 g/mol. The zero-order chi connectivity index (χ0) is 18.1. The van der Waals surface area contributed by atoms with Crippen molar-refractivity contribution in [2.45, 2.75) is 19.8 Å². The molecule has 0 bridgehead atoms. The Morgan fingerprint density at radius 2 is 1.92 bits per heavy atom. The number of nitrogens with one attached hydrogen (secondary N) is 1. The second-order valence-electron chi connectivity index (χ2n) is 6.26. The van der Waals surface area contributed by atoms with Crippen molar-refractivity contribution in [2.24, 2.45) is 0 Å². The van der Waals surface area contributed by atoms with Gasteiger partial charge in [-0.1, -0.05) is 6.92 Å². The lowest BCUT2D eigenvalue weighted by molar-refractivity contribution is -0.117. The van der Waals surface area contributed by atoms with Crippen LogP contribution in [0.4, 0.5) is 17.2 Å². The largest absolute Gasteiger partial charge is 0.340 e. The smallest absolute Gasteiger partial charge is 0.231 e. The first-order valence-electron chi connectivity index (χ1n) is 8.59. The molecule has 6 heteroatoms. The zero-order valence-electron chi connectivity index (χ0n) is 14.7. The summed E-state index contributed by atoms with van der Waals surface area (Å²) in [5, 5.41) is 3.35. The normalized spacial score (nSPS) is 13.0. The molecule has 130 valence electrons. The van der Waals surface area contributed by atoms with E-state index in [9.17, 15) is 4.79 Å². The third-order valence-electron chi connectivity index (χ3n) is 4.51. The molecular weight excluding hydrogens is 326 g/mol. The Balaban J connectivity index is 1.67. The summed E-state index contributed by atoms with van der Waals surface area (Å²) in [5.74, 6) is 1.53. The first kappa shape index (κ1) is 16.2. The van der Waals surface area contributed by atoms with Gasteiger partial charge in [-0.2, -0.15) is 0 Å². The summed E-state index contributed by atoms with van der Waals surface area (Å²) in [5.41, 5.74) is 4.80. The van der Waals surface area contributed by atoms with E-state index in [2.05, 4.69) is 27.2 Å². The van der Waals surface area contributed by atoms with Gasteiger partial charge in [-0.05, 0) is 42.3 Å². The average Bonchev–Trinajstić information content (AvgIpc) is 2.95. The molecule has 0 unspecified atom stereocenters. The molecule has 2 aromatic heterocycles. The van der Waals surface area contributed by atoms with E-state index in [1.807, 2.05) is 36.4 Å². The van der Waals surface area contributed by atoms with Gasteiger partial charge in [0.25, 0.3) is 0 Å². The van der Waals surface area contributed by atoms with Gasteiger partial charge in [0.2, 0.25) is 5.91 Å². The lowest BCUT2D eigenvalue weighted by Gasteiger charge is -2.12. The minimum atomic E-state index is 0.118. The average molecular weight is 345 g/mol. The topological polar surface area (TPSA) is 71.0 Å². The number of hydrogen-bond donors (Lipinski definition) is 1. The van der Waals surface area contributed by atoms with Crippen LogP contribution in [-0.4, -0.2) is 27.9 Å². The van der Waals surface area contributed by atoms with E-state index < -0.39 is 0 Å². The molecule has 0 spiro atoms. The Kier molecular flexibility index (Phi) is 4.08. The standard InChI is InChI=1S/C20H19N5O/c1-3-15-12-18(24-20(23-15)13-6-8-21-9-7-13)22-16-4-5-17-14(10-16)11-19(26)25(17)2/h4-10,12H,3,11H2,1-2H3,(H,22,23,24). The van der Waals surface area contributed by atoms with Crippen molar-refractivity contribution in [3.63, 3.8) is 0 Å². The summed E-state index contributed by atoms with van der Waals surface area (Å²) in [4.78, 5) is 26.9. The highest BCUT2D eigenvalue weighted by Crippen LogP contribution is 2.31. The molecule has 6 nitrogen and oxygen atoms in total. The van der Waals surface area contributed by atoms with Gasteiger partial charge in [-0.25, -0.2) is 9.97 Å². The van der Waals surface area contributed by atoms with Crippen LogP contribution < -0.4 is 10.2 Å². The fraction of sp³-hybridized carbons (Fsp3) is 0.200. The van der Waals surface area contributed by atoms with E-state index in [1.54, 1.807) is 24.3 Å². The van der Waals surface area contributed by atoms with Gasteiger partial charge in [0, 0.05) is 48.1 Å². The van der Waals surface area contributed by atoms with Crippen LogP contribution in [0.5, 0.6) is 0 Å². The van der Waals surface area contributed by atoms with Crippen LogP contribution in [-0.2, 0) is 17.6 Å². The van der Waals surface area contributed by atoms with E-state index in [-0.39, 0.29) is 5.91 Å². The van der Waals surface area contributed by atoms with Gasteiger partial charge in [-0.3, -0.25) is 9.78 Å². The molecule has 1 aliphatic heterocycles. The lowest BCUT2D eigenvalue weighted by atomic mass is 10.1. The second-order valence-corrected chi connectivity index (χ2v) is 6.26. The molecule has 1 N–H and O–H groups in total. The van der Waals surface area contributed by atoms with Crippen molar-refractivity contribution < 1.29 is 4.79 Å². The summed E-state index contributed by atoms with van der Waals surface area (Å²) in [6, 6.07) is 11.7. The summed E-state index contributed by atoms with van der Waals surface area (Å²) < 4.78 is 0. The maximum absolute atomic E-state index is 11.9. The molecule has 3 heterocycles. The van der Waals surface area contributed by atoms with Crippen LogP contribution in [0.1, 0.15) is 18.2 Å². The molecule has 1 aromatic carbocycles. The van der Waals surface area contributed by atoms with Crippen LogP contribution in [0.2, 0.25) is 0 Å². The Morgan fingerprint density at radius 1 is 1.12 bits per heavy atom. The molecule has 0 atom stereocenters. The fourth-order valence-corrected chi connectivity index (χ4v) is 3.07. The first-order valence-corrected chi connectivity index (χ1v) is 8.59. The van der Waals surface area contributed by atoms with E-state index in [4.69, 9.17) is 0 Å². The Labute approximate surface area is 151 Å². The van der Waals surface area contributed by atoms with Crippen molar-refractivity contribution in [3.05, 3.63) is 60.0 Å². The van der Waals surface area contributed by atoms with Gasteiger partial charge < -0.3 is 10.2 Å². The second kappa shape index (κ2) is 6.55. The Hall–Kier alpha value is -3.28. The van der Waals surface area contributed by atoms with Crippen molar-refractivity contribution >= 4 is 23.1 Å². The summed E-state index contributed by atoms with van der Waals surface area (Å²) >= 11 is 0. The summed E-state index contributed by atoms with van der Waals surface area (Å²) in [7, 11) is 1.81. The number of likely N-dealkylation sites (N-methyl/N-ethyl adjacent to an activating group) is 1. The van der Waals surface area contributed by atoms with E-state index >= 15 is 0 Å². The number of carbonyl (C=O) groups excluding carboxylic acids is 1. The Morgan fingerprint density at radius 3 is 2.69 bits per heavy atom. The summed E-state index contributed by atoms with van der Waals surface area (Å²) in [6.45, 7) is 2.07. The van der Waals surface area contributed by atoms with Crippen LogP contribution in [0.25, 0.3) is 11.4 Å². The van der Waals surface area contributed by atoms with Crippen LogP contribution in [0.3, 0.4) is 0 Å². The highest BCUT2D eigenvalue weighted by atomic mass is 16.2. The number of aromatic nitrogens is 3. The highest BCUT2D eigenvalue weighted by Gasteiger charge is 2.23. The molecule has 1 amide bonds. The molecule has 0 aliphatic carbocycles. The number of nitrogens with zero attached hydrogens (tertiary/aromatic N) is 4. The van der Waals surface area contributed by atoms with Crippen molar-refractivity contribution in [2.75, 3.05) is 17.3 Å². The minimum absolute atomic E-state index is 0.118. The summed E-state index contributed by atoms with van der Waals surface area (Å²) in [6.07, 6.45) is 4.73. The van der Waals surface area contributed by atoms with Gasteiger partial charge in [-0.15, -0.1) is 0 Å². The van der Waals surface area contributed by atoms with Crippen LogP contribution in [0, 0.1) is 0 Å². The molecule has 0 radical (unpaired) electrons. The number of rotatable bonds is 4. The predicted octanol–water partition coefficient (Wildman–Crippen LogP) is 3.36. The molecule has 1 aliphatic rings. The quantitative estimate of drug-likeness (QED) is 0.785. The van der Waals surface area contributed by atoms with E-state index in [0.29, 0.717) is 12.2 Å². The number of carbonyl (C=O) groups is 1. The maximum atomic E-state index is 11.9. The number of fused-ring (bicyclic) bond motifs is 1. The Bertz CT molecular complexity index is 971. The zero-order valence-corrected chi connectivity index (χ0v) is 14.7. The van der Waals surface area contributed by atoms with Crippen molar-refractivity contribution in [1.82, 2.24) is 15.0 Å². The van der Waals surface area contributed by atoms with Gasteiger partial charge in [0.15, 0.2) is 5.82 Å². The number of amides is 1. The first-order chi connectivity index (χ1) is 12.6. The molecule has 0 fully saturated rings. The number of pyridine rings is 1. The number of hydrogen-bond acceptors (Lipinski definition) is 5. The third kappa shape index (κ3) is 3.01. The molecular formula is C20H19N5O. The number of aryl methyl sites for hydroxylation is 1. The lowest BCUT2D eigenvalue weighted by Crippen LogP contribution is -2.20. The third-order valence-corrected chi connectivity index (χ3v) is 4.51. The van der Waals surface area contributed by atoms with E-state index in [0.717, 1.165) is 40.4 Å². The van der Waals surface area contributed by atoms with Gasteiger partial charge in [0.1, 0.15) is 5.82 Å². The molecule has 3 aromatic rings. The molecule has 26 heavy (non-hydrogen) atoms. The fourth-order valence-electron chi connectivity index (χ4n) is 3.07. The molecule has 0 saturated carbocycles. The molecule has 4 rings (SSSR count). The minimum Gasteiger partial charge on any atom is -0.340 e. The maximum Gasteiger partial charge on any atom is 0.231 e. The number of benzene rings is 1. The van der Waals surface area contributed by atoms with Crippen molar-refractivity contribution in [1.29, 1.82) is 0 Å². The van der Waals surface area contributed by atoms with Crippen molar-refractivity contribution in [3.8, 4) is 11.4 Å². The van der Waals surface area contributed by atoms with Gasteiger partial charge >= 0.3 is 0 Å². The van der Waals surface area contributed by atoms with E-state index in [1.165, 1.54) is 0 Å². The predicted molar refractivity (Wildman–Crippen MR) is 101 cm³/mol. The molecule has 0 saturated heterocycles. The number of anilines is 3. The van der Waals surface area contributed by atoms with Gasteiger partial charge in [0.05, 0.1) is 6.42 Å². The van der Waals surface area contributed by atoms with Crippen LogP contribution in [0.15, 0.2) is 48.8 Å². The van der Waals surface area contributed by atoms with Crippen LogP contribution >= 0.6 is 0 Å². The highest BCUT2D eigenvalue weighted by molar-refractivity contribution is 6.01. The SMILES string of the molecule is CCc1cc(Nc2ccc3c(c2)CC(=O)N3C)nc(-c2ccncc2)n1.